The number of fused-ring (bicyclic) bond motifs is 2. The van der Waals surface area contributed by atoms with Gasteiger partial charge in [0, 0.05) is 30.5 Å². The van der Waals surface area contributed by atoms with E-state index in [1.807, 2.05) is 0 Å². The minimum Gasteiger partial charge on any atom is -0.377 e. The Kier molecular flexibility index (Phi) is 7.13. The van der Waals surface area contributed by atoms with Crippen LogP contribution in [0.3, 0.4) is 0 Å². The van der Waals surface area contributed by atoms with Gasteiger partial charge in [-0.25, -0.2) is 0 Å². The first-order valence-corrected chi connectivity index (χ1v) is 9.20. The van der Waals surface area contributed by atoms with Gasteiger partial charge in [-0.15, -0.1) is 24.2 Å². The number of hydrogen-bond donors (Lipinski definition) is 2. The number of piperidine rings is 1. The molecule has 21 heavy (non-hydrogen) atoms. The van der Waals surface area contributed by atoms with Gasteiger partial charge in [-0.2, -0.15) is 0 Å². The smallest absolute Gasteiger partial charge is 0.230 e. The van der Waals surface area contributed by atoms with Gasteiger partial charge in [-0.05, 0) is 44.9 Å². The van der Waals surface area contributed by atoms with E-state index in [2.05, 4.69) is 10.6 Å². The molecule has 4 nitrogen and oxygen atoms in total. The van der Waals surface area contributed by atoms with Gasteiger partial charge in [-0.3, -0.25) is 4.79 Å². The quantitative estimate of drug-likeness (QED) is 0.808. The topological polar surface area (TPSA) is 50.4 Å². The molecular formula is C15H27ClN2O2S. The van der Waals surface area contributed by atoms with Crippen LogP contribution in [0.5, 0.6) is 0 Å². The van der Waals surface area contributed by atoms with Gasteiger partial charge in [0.25, 0.3) is 0 Å². The number of carbonyl (C=O) groups is 1. The molecule has 3 aliphatic heterocycles. The van der Waals surface area contributed by atoms with Crippen LogP contribution in [-0.2, 0) is 9.53 Å². The fourth-order valence-corrected chi connectivity index (χ4v) is 4.58. The van der Waals surface area contributed by atoms with Gasteiger partial charge < -0.3 is 15.4 Å². The summed E-state index contributed by atoms with van der Waals surface area (Å²) in [6, 6.07) is 1.68. The average Bonchev–Trinajstić information content (AvgIpc) is 2.79. The third-order valence-corrected chi connectivity index (χ3v) is 5.72. The highest BCUT2D eigenvalue weighted by Gasteiger charge is 2.33. The summed E-state index contributed by atoms with van der Waals surface area (Å²) in [5, 5.41) is 6.82. The molecule has 0 aliphatic carbocycles. The number of thioether (sulfide) groups is 1. The molecule has 0 aromatic rings. The number of halogens is 1. The number of ether oxygens (including phenoxy) is 1. The zero-order valence-corrected chi connectivity index (χ0v) is 14.1. The largest absolute Gasteiger partial charge is 0.377 e. The van der Waals surface area contributed by atoms with Crippen LogP contribution in [0.15, 0.2) is 0 Å². The first-order chi connectivity index (χ1) is 9.79. The summed E-state index contributed by atoms with van der Waals surface area (Å²) in [4.78, 5) is 12.0. The summed E-state index contributed by atoms with van der Waals surface area (Å²) < 4.78 is 5.69. The van der Waals surface area contributed by atoms with Crippen molar-refractivity contribution in [1.29, 1.82) is 0 Å². The standard InChI is InChI=1S/C15H26N2O2S.ClH/c18-15(10-20-9-14-3-1-2-6-19-14)17-13-7-11-4-5-12(8-13)16-11;/h11-14,16H,1-10H2,(H,17,18);1H. The minimum atomic E-state index is 0. The van der Waals surface area contributed by atoms with Crippen LogP contribution in [-0.4, -0.2) is 48.2 Å². The van der Waals surface area contributed by atoms with Crippen LogP contribution in [0, 0.1) is 0 Å². The molecule has 3 saturated heterocycles. The van der Waals surface area contributed by atoms with Crippen molar-refractivity contribution >= 4 is 30.1 Å². The van der Waals surface area contributed by atoms with Gasteiger partial charge in [0.2, 0.25) is 5.91 Å². The molecule has 0 aromatic heterocycles. The maximum atomic E-state index is 12.0. The lowest BCUT2D eigenvalue weighted by Crippen LogP contribution is -2.48. The lowest BCUT2D eigenvalue weighted by Gasteiger charge is -2.29. The molecule has 2 bridgehead atoms. The van der Waals surface area contributed by atoms with Crippen molar-refractivity contribution in [1.82, 2.24) is 10.6 Å². The van der Waals surface area contributed by atoms with Crippen LogP contribution in [0.1, 0.15) is 44.9 Å². The first kappa shape index (κ1) is 17.4. The SMILES string of the molecule is Cl.O=C(CSCC1CCCCO1)NC1CC2CCC(C1)N2. The lowest BCUT2D eigenvalue weighted by molar-refractivity contribution is -0.119. The molecule has 3 aliphatic rings. The Hall–Kier alpha value is 0.0300. The predicted molar refractivity (Wildman–Crippen MR) is 89.3 cm³/mol. The number of nitrogens with one attached hydrogen (secondary N) is 2. The highest BCUT2D eigenvalue weighted by Crippen LogP contribution is 2.26. The van der Waals surface area contributed by atoms with Gasteiger partial charge >= 0.3 is 0 Å². The second-order valence-corrected chi connectivity index (χ2v) is 7.41. The molecule has 3 heterocycles. The van der Waals surface area contributed by atoms with Crippen LogP contribution in [0.2, 0.25) is 0 Å². The van der Waals surface area contributed by atoms with Crippen molar-refractivity contribution in [2.45, 2.75) is 69.2 Å². The highest BCUT2D eigenvalue weighted by atomic mass is 35.5. The second-order valence-electron chi connectivity index (χ2n) is 6.38. The van der Waals surface area contributed by atoms with Crippen LogP contribution < -0.4 is 10.6 Å². The Morgan fingerprint density at radius 2 is 1.95 bits per heavy atom. The van der Waals surface area contributed by atoms with Crippen molar-refractivity contribution in [3.05, 3.63) is 0 Å². The Labute approximate surface area is 137 Å². The lowest BCUT2D eigenvalue weighted by atomic mass is 10.00. The van der Waals surface area contributed by atoms with Crippen LogP contribution in [0.4, 0.5) is 0 Å². The molecule has 3 unspecified atom stereocenters. The first-order valence-electron chi connectivity index (χ1n) is 8.04. The molecule has 1 amide bonds. The normalized spacial score (nSPS) is 35.0. The second kappa shape index (κ2) is 8.61. The van der Waals surface area contributed by atoms with E-state index in [1.165, 1.54) is 25.7 Å². The van der Waals surface area contributed by atoms with E-state index in [4.69, 9.17) is 4.74 Å². The van der Waals surface area contributed by atoms with Gasteiger partial charge in [0.15, 0.2) is 0 Å². The zero-order chi connectivity index (χ0) is 13.8. The van der Waals surface area contributed by atoms with Crippen LogP contribution >= 0.6 is 24.2 Å². The molecule has 0 saturated carbocycles. The van der Waals surface area contributed by atoms with Crippen molar-refractivity contribution < 1.29 is 9.53 Å². The monoisotopic (exact) mass is 334 g/mol. The molecule has 6 heteroatoms. The molecule has 122 valence electrons. The molecule has 2 N–H and O–H groups in total. The van der Waals surface area contributed by atoms with E-state index in [0.29, 0.717) is 30.0 Å². The summed E-state index contributed by atoms with van der Waals surface area (Å²) in [5.41, 5.74) is 0. The van der Waals surface area contributed by atoms with E-state index < -0.39 is 0 Å². The zero-order valence-electron chi connectivity index (χ0n) is 12.5. The Bertz CT molecular complexity index is 328. The summed E-state index contributed by atoms with van der Waals surface area (Å²) in [6.45, 7) is 0.898. The molecule has 3 fully saturated rings. The van der Waals surface area contributed by atoms with Gasteiger partial charge in [0.1, 0.15) is 0 Å². The number of rotatable bonds is 5. The van der Waals surface area contributed by atoms with Gasteiger partial charge in [0.05, 0.1) is 11.9 Å². The number of carbonyl (C=O) groups excluding carboxylic acids is 1. The molecule has 0 aromatic carbocycles. The van der Waals surface area contributed by atoms with Crippen molar-refractivity contribution in [3.63, 3.8) is 0 Å². The molecule has 3 atom stereocenters. The van der Waals surface area contributed by atoms with E-state index in [1.54, 1.807) is 11.8 Å². The maximum absolute atomic E-state index is 12.0. The van der Waals surface area contributed by atoms with Crippen molar-refractivity contribution in [3.8, 4) is 0 Å². The molecule has 0 radical (unpaired) electrons. The van der Waals surface area contributed by atoms with E-state index in [-0.39, 0.29) is 18.3 Å². The van der Waals surface area contributed by atoms with E-state index in [0.717, 1.165) is 31.6 Å². The molecule has 3 rings (SSSR count). The predicted octanol–water partition coefficient (Wildman–Crippen LogP) is 2.11. The fraction of sp³-hybridized carbons (Fsp3) is 0.933. The molecular weight excluding hydrogens is 308 g/mol. The molecule has 0 spiro atoms. The summed E-state index contributed by atoms with van der Waals surface area (Å²) in [7, 11) is 0. The van der Waals surface area contributed by atoms with E-state index in [9.17, 15) is 4.79 Å². The summed E-state index contributed by atoms with van der Waals surface area (Å²) >= 11 is 1.72. The fourth-order valence-electron chi connectivity index (χ4n) is 3.67. The summed E-state index contributed by atoms with van der Waals surface area (Å²) in [6.07, 6.45) is 8.78. The average molecular weight is 335 g/mol. The van der Waals surface area contributed by atoms with E-state index >= 15 is 0 Å². The number of amides is 1. The van der Waals surface area contributed by atoms with Crippen molar-refractivity contribution in [2.75, 3.05) is 18.1 Å². The van der Waals surface area contributed by atoms with Crippen LogP contribution in [0.25, 0.3) is 0 Å². The third-order valence-electron chi connectivity index (χ3n) is 4.65. The Morgan fingerprint density at radius 3 is 2.62 bits per heavy atom. The highest BCUT2D eigenvalue weighted by molar-refractivity contribution is 7.99. The number of hydrogen-bond acceptors (Lipinski definition) is 4. The minimum absolute atomic E-state index is 0. The van der Waals surface area contributed by atoms with Crippen molar-refractivity contribution in [2.24, 2.45) is 0 Å². The maximum Gasteiger partial charge on any atom is 0.230 e. The van der Waals surface area contributed by atoms with Gasteiger partial charge in [-0.1, -0.05) is 0 Å². The third kappa shape index (κ3) is 5.31. The Balaban J connectivity index is 0.00000161. The summed E-state index contributed by atoms with van der Waals surface area (Å²) in [5.74, 6) is 1.75. The Morgan fingerprint density at radius 1 is 1.19 bits per heavy atom.